The van der Waals surface area contributed by atoms with E-state index in [0.717, 1.165) is 44.0 Å². The lowest BCUT2D eigenvalue weighted by molar-refractivity contribution is -0.197. The Morgan fingerprint density at radius 3 is 2.91 bits per heavy atom. The third-order valence-electron chi connectivity index (χ3n) is 4.88. The van der Waals surface area contributed by atoms with Crippen LogP contribution in [0.3, 0.4) is 0 Å². The van der Waals surface area contributed by atoms with Crippen LogP contribution in [0.1, 0.15) is 31.7 Å². The number of morpholine rings is 1. The molecular formula is C18H25N3O2. The van der Waals surface area contributed by atoms with Gasteiger partial charge in [-0.25, -0.2) is 4.98 Å². The van der Waals surface area contributed by atoms with Gasteiger partial charge >= 0.3 is 0 Å². The van der Waals surface area contributed by atoms with Crippen LogP contribution >= 0.6 is 0 Å². The van der Waals surface area contributed by atoms with E-state index in [0.29, 0.717) is 6.61 Å². The van der Waals surface area contributed by atoms with E-state index in [4.69, 9.17) is 9.47 Å². The van der Waals surface area contributed by atoms with Crippen molar-refractivity contribution in [3.63, 3.8) is 0 Å². The Morgan fingerprint density at radius 2 is 2.13 bits per heavy atom. The van der Waals surface area contributed by atoms with Crippen molar-refractivity contribution in [1.29, 1.82) is 0 Å². The van der Waals surface area contributed by atoms with Crippen molar-refractivity contribution in [2.45, 2.75) is 44.9 Å². The van der Waals surface area contributed by atoms with Crippen LogP contribution in [0.4, 0.5) is 0 Å². The predicted octanol–water partition coefficient (Wildman–Crippen LogP) is 2.41. The van der Waals surface area contributed by atoms with Gasteiger partial charge < -0.3 is 13.9 Å². The van der Waals surface area contributed by atoms with Gasteiger partial charge in [-0.2, -0.15) is 0 Å². The van der Waals surface area contributed by atoms with E-state index >= 15 is 0 Å². The van der Waals surface area contributed by atoms with Crippen LogP contribution in [0.5, 0.6) is 0 Å². The van der Waals surface area contributed by atoms with Gasteiger partial charge in [-0.05, 0) is 32.9 Å². The zero-order chi connectivity index (χ0) is 16.1. The van der Waals surface area contributed by atoms with Gasteiger partial charge in [0.15, 0.2) is 0 Å². The lowest BCUT2D eigenvalue weighted by Crippen LogP contribution is -2.59. The molecule has 5 heteroatoms. The number of ether oxygens (including phenoxy) is 2. The number of pyridine rings is 1. The largest absolute Gasteiger partial charge is 0.378 e. The molecule has 0 aromatic carbocycles. The summed E-state index contributed by atoms with van der Waals surface area (Å²) in [5.41, 5.74) is 3.10. The highest BCUT2D eigenvalue weighted by Crippen LogP contribution is 2.35. The van der Waals surface area contributed by atoms with Gasteiger partial charge in [0, 0.05) is 38.9 Å². The zero-order valence-electron chi connectivity index (χ0n) is 14.2. The van der Waals surface area contributed by atoms with E-state index in [1.165, 1.54) is 5.69 Å². The average Bonchev–Trinajstić information content (AvgIpc) is 3.03. The second-order valence-corrected chi connectivity index (χ2v) is 7.57. The Balaban J connectivity index is 1.63. The smallest absolute Gasteiger partial charge is 0.137 e. The maximum Gasteiger partial charge on any atom is 0.137 e. The fraction of sp³-hybridized carbons (Fsp3) is 0.611. The van der Waals surface area contributed by atoms with Gasteiger partial charge in [-0.15, -0.1) is 0 Å². The first-order valence-corrected chi connectivity index (χ1v) is 8.39. The van der Waals surface area contributed by atoms with Crippen LogP contribution in [0, 0.1) is 6.92 Å². The number of nitrogens with zero attached hydrogens (tertiary/aromatic N) is 3. The topological polar surface area (TPSA) is 39.0 Å². The van der Waals surface area contributed by atoms with Gasteiger partial charge in [-0.1, -0.05) is 6.07 Å². The molecule has 2 aliphatic heterocycles. The Kier molecular flexibility index (Phi) is 3.48. The molecule has 124 valence electrons. The quantitative estimate of drug-likeness (QED) is 0.853. The van der Waals surface area contributed by atoms with Crippen molar-refractivity contribution in [3.8, 4) is 0 Å². The molecule has 1 atom stereocenters. The molecule has 2 saturated heterocycles. The fourth-order valence-electron chi connectivity index (χ4n) is 4.12. The minimum absolute atomic E-state index is 0.143. The molecule has 0 bridgehead atoms. The Bertz CT molecular complexity index is 716. The lowest BCUT2D eigenvalue weighted by Gasteiger charge is -2.48. The molecule has 0 radical (unpaired) electrons. The second kappa shape index (κ2) is 5.30. The number of aryl methyl sites for hydroxylation is 1. The van der Waals surface area contributed by atoms with Gasteiger partial charge in [0.05, 0.1) is 23.6 Å². The summed E-state index contributed by atoms with van der Waals surface area (Å²) >= 11 is 0. The molecular weight excluding hydrogens is 290 g/mol. The number of hydrogen-bond donors (Lipinski definition) is 0. The van der Waals surface area contributed by atoms with Gasteiger partial charge in [0.1, 0.15) is 11.2 Å². The average molecular weight is 315 g/mol. The second-order valence-electron chi connectivity index (χ2n) is 7.57. The highest BCUT2D eigenvalue weighted by molar-refractivity contribution is 5.42. The summed E-state index contributed by atoms with van der Waals surface area (Å²) in [5, 5.41) is 0. The summed E-state index contributed by atoms with van der Waals surface area (Å²) in [6.45, 7) is 10.7. The normalized spacial score (nSPS) is 28.0. The number of rotatable bonds is 2. The molecule has 1 spiro atoms. The highest BCUT2D eigenvalue weighted by Gasteiger charge is 2.46. The number of hydrogen-bond acceptors (Lipinski definition) is 4. The number of aromatic nitrogens is 2. The molecule has 0 N–H and O–H groups in total. The van der Waals surface area contributed by atoms with Crippen LogP contribution in [0.15, 0.2) is 24.4 Å². The first-order valence-electron chi connectivity index (χ1n) is 8.39. The zero-order valence-corrected chi connectivity index (χ0v) is 14.2. The van der Waals surface area contributed by atoms with E-state index in [-0.39, 0.29) is 11.2 Å². The fourth-order valence-corrected chi connectivity index (χ4v) is 4.12. The highest BCUT2D eigenvalue weighted by atomic mass is 16.6. The first-order chi connectivity index (χ1) is 11.0. The van der Waals surface area contributed by atoms with Crippen LogP contribution in [0.2, 0.25) is 0 Å². The van der Waals surface area contributed by atoms with E-state index in [9.17, 15) is 0 Å². The summed E-state index contributed by atoms with van der Waals surface area (Å²) in [4.78, 5) is 7.19. The van der Waals surface area contributed by atoms with Crippen molar-refractivity contribution >= 4 is 5.65 Å². The Hall–Kier alpha value is -1.43. The van der Waals surface area contributed by atoms with Crippen LogP contribution in [-0.4, -0.2) is 51.8 Å². The molecule has 5 nitrogen and oxygen atoms in total. The van der Waals surface area contributed by atoms with E-state index in [1.54, 1.807) is 0 Å². The molecule has 4 heterocycles. The van der Waals surface area contributed by atoms with E-state index in [2.05, 4.69) is 53.4 Å². The summed E-state index contributed by atoms with van der Waals surface area (Å²) < 4.78 is 14.2. The van der Waals surface area contributed by atoms with Crippen LogP contribution < -0.4 is 0 Å². The van der Waals surface area contributed by atoms with Crippen molar-refractivity contribution in [2.24, 2.45) is 0 Å². The third-order valence-corrected chi connectivity index (χ3v) is 4.88. The SMILES string of the molecule is Cc1nc2ccccn2c1CN1CC(C)(C)OC2(CCOC2)C1. The Labute approximate surface area is 137 Å². The van der Waals surface area contributed by atoms with Crippen molar-refractivity contribution in [3.05, 3.63) is 35.8 Å². The molecule has 2 aromatic heterocycles. The molecule has 2 aliphatic rings. The molecule has 4 rings (SSSR count). The lowest BCUT2D eigenvalue weighted by atomic mass is 9.94. The minimum Gasteiger partial charge on any atom is -0.378 e. The van der Waals surface area contributed by atoms with Gasteiger partial charge in [0.2, 0.25) is 0 Å². The number of imidazole rings is 1. The third kappa shape index (κ3) is 2.77. The standard InChI is InChI=1S/C18H25N3O2/c1-14-15(21-8-5-4-6-16(21)19-14)10-20-11-17(2,3)23-18(12-20)7-9-22-13-18/h4-6,8H,7,9-13H2,1-3H3. The maximum absolute atomic E-state index is 6.40. The van der Waals surface area contributed by atoms with E-state index in [1.807, 2.05) is 6.07 Å². The summed E-state index contributed by atoms with van der Waals surface area (Å²) in [7, 11) is 0. The molecule has 23 heavy (non-hydrogen) atoms. The molecule has 0 amide bonds. The summed E-state index contributed by atoms with van der Waals surface area (Å²) in [6, 6.07) is 6.16. The summed E-state index contributed by atoms with van der Waals surface area (Å²) in [5.74, 6) is 0. The van der Waals surface area contributed by atoms with E-state index < -0.39 is 0 Å². The van der Waals surface area contributed by atoms with Gasteiger partial charge in [0.25, 0.3) is 0 Å². The van der Waals surface area contributed by atoms with Crippen molar-refractivity contribution in [1.82, 2.24) is 14.3 Å². The monoisotopic (exact) mass is 315 g/mol. The number of fused-ring (bicyclic) bond motifs is 1. The minimum atomic E-state index is -0.152. The van der Waals surface area contributed by atoms with Crippen LogP contribution in [0.25, 0.3) is 5.65 Å². The van der Waals surface area contributed by atoms with Gasteiger partial charge in [-0.3, -0.25) is 4.90 Å². The Morgan fingerprint density at radius 1 is 1.26 bits per heavy atom. The van der Waals surface area contributed by atoms with Crippen LogP contribution in [-0.2, 0) is 16.0 Å². The molecule has 0 aliphatic carbocycles. The van der Waals surface area contributed by atoms with Crippen molar-refractivity contribution in [2.75, 3.05) is 26.3 Å². The summed E-state index contributed by atoms with van der Waals surface area (Å²) in [6.07, 6.45) is 3.09. The predicted molar refractivity (Wildman–Crippen MR) is 88.5 cm³/mol. The molecule has 0 saturated carbocycles. The molecule has 2 fully saturated rings. The molecule has 2 aromatic rings. The maximum atomic E-state index is 6.40. The molecule has 1 unspecified atom stereocenters. The first kappa shape index (κ1) is 15.1. The van der Waals surface area contributed by atoms with Crippen molar-refractivity contribution < 1.29 is 9.47 Å².